The van der Waals surface area contributed by atoms with Gasteiger partial charge in [0.1, 0.15) is 24.7 Å². The molecular weight excluding hydrogens is 677 g/mol. The van der Waals surface area contributed by atoms with E-state index in [0.29, 0.717) is 31.5 Å². The third kappa shape index (κ3) is 19.2. The SMILES string of the molecule is Cl.ClCCN(CCCl)CCOc1ccccc1.I.OCCN(CCBr)CCOc1ccccc1.[HH]. The highest BCUT2D eigenvalue weighted by Crippen LogP contribution is 2.08. The van der Waals surface area contributed by atoms with E-state index < -0.39 is 0 Å². The Morgan fingerprint density at radius 2 is 1.12 bits per heavy atom. The monoisotopic (exact) mass is 714 g/mol. The number of ether oxygens (including phenoxy) is 2. The van der Waals surface area contributed by atoms with E-state index in [2.05, 4.69) is 25.7 Å². The fraction of sp³-hybridized carbons (Fsp3) is 0.500. The van der Waals surface area contributed by atoms with Crippen LogP contribution in [0.3, 0.4) is 0 Å². The number of para-hydroxylation sites is 2. The van der Waals surface area contributed by atoms with Gasteiger partial charge in [-0.05, 0) is 24.3 Å². The van der Waals surface area contributed by atoms with Crippen molar-refractivity contribution in [2.75, 3.05) is 76.2 Å². The van der Waals surface area contributed by atoms with Crippen LogP contribution < -0.4 is 9.47 Å². The first kappa shape index (κ1) is 36.2. The number of halogens is 5. The lowest BCUT2D eigenvalue weighted by Gasteiger charge is -2.20. The normalized spacial score (nSPS) is 10.1. The summed E-state index contributed by atoms with van der Waals surface area (Å²) in [6.07, 6.45) is 0. The van der Waals surface area contributed by atoms with Crippen LogP contribution in [0.2, 0.25) is 0 Å². The van der Waals surface area contributed by atoms with Crippen LogP contribution in [0.5, 0.6) is 11.5 Å². The van der Waals surface area contributed by atoms with E-state index in [1.807, 2.05) is 60.7 Å². The molecule has 5 nitrogen and oxygen atoms in total. The lowest BCUT2D eigenvalue weighted by atomic mass is 10.3. The van der Waals surface area contributed by atoms with E-state index in [1.165, 1.54) is 0 Å². The molecule has 10 heteroatoms. The molecule has 1 N–H and O–H groups in total. The minimum Gasteiger partial charge on any atom is -0.492 e. The quantitative estimate of drug-likeness (QED) is 0.174. The minimum absolute atomic E-state index is 0. The number of benzene rings is 2. The van der Waals surface area contributed by atoms with Gasteiger partial charge in [-0.25, -0.2) is 0 Å². The van der Waals surface area contributed by atoms with Crippen LogP contribution in [-0.4, -0.2) is 91.1 Å². The average Bonchev–Trinajstić information content (AvgIpc) is 2.81. The highest BCUT2D eigenvalue weighted by atomic mass is 127. The third-order valence-electron chi connectivity index (χ3n) is 4.46. The number of hydrogen-bond acceptors (Lipinski definition) is 5. The van der Waals surface area contributed by atoms with Crippen molar-refractivity contribution in [2.45, 2.75) is 0 Å². The molecule has 0 aliphatic heterocycles. The molecule has 0 radical (unpaired) electrons. The van der Waals surface area contributed by atoms with Gasteiger partial charge < -0.3 is 14.6 Å². The lowest BCUT2D eigenvalue weighted by Crippen LogP contribution is -2.32. The summed E-state index contributed by atoms with van der Waals surface area (Å²) in [6.45, 7) is 6.53. The molecule has 0 fully saturated rings. The van der Waals surface area contributed by atoms with Gasteiger partial charge in [0.15, 0.2) is 0 Å². The van der Waals surface area contributed by atoms with Crippen molar-refractivity contribution in [3.63, 3.8) is 0 Å². The number of aliphatic hydroxyl groups excluding tert-OH is 1. The van der Waals surface area contributed by atoms with Crippen molar-refractivity contribution in [3.8, 4) is 11.5 Å². The second-order valence-corrected chi connectivity index (χ2v) is 8.35. The Kier molecular flexibility index (Phi) is 27.7. The molecule has 0 amide bonds. The fourth-order valence-corrected chi connectivity index (χ4v) is 3.77. The maximum absolute atomic E-state index is 8.88. The summed E-state index contributed by atoms with van der Waals surface area (Å²) in [7, 11) is 0. The standard InChI is InChI=1S/C12H18BrNO2.C12H17Cl2NO.ClH.HI.H2/c13-6-7-14(8-10-15)9-11-16-12-4-2-1-3-5-12;13-6-8-15(9-7-14)10-11-16-12-4-2-1-3-5-12;;;/h1-5,15H,6-11H2;1-5H,6-11H2;3*1H. The maximum Gasteiger partial charge on any atom is 0.119 e. The topological polar surface area (TPSA) is 45.2 Å². The zero-order valence-electron chi connectivity index (χ0n) is 19.4. The summed E-state index contributed by atoms with van der Waals surface area (Å²) in [5, 5.41) is 9.80. The van der Waals surface area contributed by atoms with Gasteiger partial charge in [-0.3, -0.25) is 9.80 Å². The van der Waals surface area contributed by atoms with Crippen LogP contribution in [0.1, 0.15) is 1.43 Å². The summed E-state index contributed by atoms with van der Waals surface area (Å²) in [5.41, 5.74) is 0. The summed E-state index contributed by atoms with van der Waals surface area (Å²) >= 11 is 14.8. The van der Waals surface area contributed by atoms with Gasteiger partial charge >= 0.3 is 0 Å². The predicted molar refractivity (Wildman–Crippen MR) is 164 cm³/mol. The summed E-state index contributed by atoms with van der Waals surface area (Å²) in [6, 6.07) is 19.6. The number of alkyl halides is 3. The number of rotatable bonds is 16. The van der Waals surface area contributed by atoms with Crippen molar-refractivity contribution in [1.29, 1.82) is 0 Å². The van der Waals surface area contributed by atoms with Crippen molar-refractivity contribution in [1.82, 2.24) is 9.80 Å². The van der Waals surface area contributed by atoms with Crippen LogP contribution >= 0.6 is 75.5 Å². The second kappa shape index (κ2) is 26.1. The van der Waals surface area contributed by atoms with E-state index in [4.69, 9.17) is 37.8 Å². The molecule has 0 heterocycles. The molecule has 2 aromatic rings. The molecule has 34 heavy (non-hydrogen) atoms. The van der Waals surface area contributed by atoms with E-state index in [-0.39, 0.29) is 44.4 Å². The molecule has 2 rings (SSSR count). The van der Waals surface area contributed by atoms with Crippen molar-refractivity contribution < 1.29 is 16.0 Å². The summed E-state index contributed by atoms with van der Waals surface area (Å²) < 4.78 is 11.2. The molecule has 0 saturated heterocycles. The Morgan fingerprint density at radius 1 is 0.706 bits per heavy atom. The van der Waals surface area contributed by atoms with E-state index in [9.17, 15) is 0 Å². The smallest absolute Gasteiger partial charge is 0.119 e. The first-order chi connectivity index (χ1) is 15.7. The minimum atomic E-state index is 0. The molecule has 0 unspecified atom stereocenters. The predicted octanol–water partition coefficient (Wildman–Crippen LogP) is 5.89. The lowest BCUT2D eigenvalue weighted by molar-refractivity contribution is 0.175. The van der Waals surface area contributed by atoms with Gasteiger partial charge in [0.2, 0.25) is 0 Å². The molecule has 2 aromatic carbocycles. The largest absolute Gasteiger partial charge is 0.492 e. The molecule has 198 valence electrons. The van der Waals surface area contributed by atoms with Crippen LogP contribution in [-0.2, 0) is 0 Å². The number of hydrogen-bond donors (Lipinski definition) is 1. The fourth-order valence-electron chi connectivity index (χ4n) is 2.79. The van der Waals surface area contributed by atoms with Gasteiger partial charge in [0.05, 0.1) is 6.61 Å². The second-order valence-electron chi connectivity index (χ2n) is 6.80. The molecular formula is C24H39BrCl3IN2O3. The van der Waals surface area contributed by atoms with Crippen molar-refractivity contribution >= 4 is 75.5 Å². The molecule has 0 atom stereocenters. The molecule has 0 aromatic heterocycles. The highest BCUT2D eigenvalue weighted by Gasteiger charge is 2.04. The molecule has 0 aliphatic rings. The zero-order chi connectivity index (χ0) is 23.3. The maximum atomic E-state index is 8.88. The first-order valence-electron chi connectivity index (χ1n) is 10.8. The molecule has 0 aliphatic carbocycles. The van der Waals surface area contributed by atoms with Gasteiger partial charge in [-0.2, -0.15) is 0 Å². The van der Waals surface area contributed by atoms with Crippen molar-refractivity contribution in [2.24, 2.45) is 0 Å². The van der Waals surface area contributed by atoms with Crippen LogP contribution in [0.4, 0.5) is 0 Å². The summed E-state index contributed by atoms with van der Waals surface area (Å²) in [4.78, 5) is 4.36. The Labute approximate surface area is 248 Å². The van der Waals surface area contributed by atoms with Crippen LogP contribution in [0, 0.1) is 0 Å². The van der Waals surface area contributed by atoms with Gasteiger partial charge in [-0.15, -0.1) is 59.6 Å². The first-order valence-corrected chi connectivity index (χ1v) is 13.0. The van der Waals surface area contributed by atoms with Crippen molar-refractivity contribution in [3.05, 3.63) is 60.7 Å². The van der Waals surface area contributed by atoms with E-state index in [0.717, 1.165) is 49.6 Å². The highest BCUT2D eigenvalue weighted by molar-refractivity contribution is 14.0. The van der Waals surface area contributed by atoms with Crippen LogP contribution in [0.15, 0.2) is 60.7 Å². The average molecular weight is 717 g/mol. The van der Waals surface area contributed by atoms with Crippen LogP contribution in [0.25, 0.3) is 0 Å². The molecule has 0 saturated carbocycles. The van der Waals surface area contributed by atoms with Gasteiger partial charge in [-0.1, -0.05) is 52.3 Å². The zero-order valence-corrected chi connectivity index (χ0v) is 25.6. The Hall–Kier alpha value is -0.000000000000000222. The Balaban J connectivity index is -0.000000539. The third-order valence-corrected chi connectivity index (χ3v) is 5.15. The number of nitrogens with zero attached hydrogens (tertiary/aromatic N) is 2. The van der Waals surface area contributed by atoms with E-state index >= 15 is 0 Å². The Morgan fingerprint density at radius 3 is 1.47 bits per heavy atom. The van der Waals surface area contributed by atoms with E-state index in [1.54, 1.807) is 0 Å². The van der Waals surface area contributed by atoms with Gasteiger partial charge in [0, 0.05) is 57.8 Å². The Bertz CT molecular complexity index is 603. The number of aliphatic hydroxyl groups is 1. The van der Waals surface area contributed by atoms with Gasteiger partial charge in [0.25, 0.3) is 0 Å². The summed E-state index contributed by atoms with van der Waals surface area (Å²) in [5.74, 6) is 3.05. The molecule has 0 spiro atoms. The molecule has 0 bridgehead atoms.